The molecule has 2 saturated heterocycles. The van der Waals surface area contributed by atoms with E-state index in [1.54, 1.807) is 0 Å². The summed E-state index contributed by atoms with van der Waals surface area (Å²) in [4.78, 5) is 4.85. The molecular formula is C25H34N2O2. The predicted molar refractivity (Wildman–Crippen MR) is 117 cm³/mol. The summed E-state index contributed by atoms with van der Waals surface area (Å²) in [5, 5.41) is 10.2. The molecule has 29 heavy (non-hydrogen) atoms. The van der Waals surface area contributed by atoms with Gasteiger partial charge in [-0.25, -0.2) is 0 Å². The fourth-order valence-electron chi connectivity index (χ4n) is 5.11. The Morgan fingerprint density at radius 1 is 1.03 bits per heavy atom. The molecule has 0 aliphatic carbocycles. The van der Waals surface area contributed by atoms with Crippen LogP contribution < -0.4 is 4.74 Å². The Balaban J connectivity index is 1.31. The molecule has 0 bridgehead atoms. The third kappa shape index (κ3) is 5.39. The summed E-state index contributed by atoms with van der Waals surface area (Å²) in [6, 6.07) is 19.0. The third-order valence-corrected chi connectivity index (χ3v) is 6.57. The highest BCUT2D eigenvalue weighted by Crippen LogP contribution is 2.40. The highest BCUT2D eigenvalue weighted by molar-refractivity contribution is 5.33. The summed E-state index contributed by atoms with van der Waals surface area (Å²) in [6.07, 6.45) is 4.07. The zero-order valence-corrected chi connectivity index (χ0v) is 17.6. The van der Waals surface area contributed by atoms with Crippen molar-refractivity contribution in [1.29, 1.82) is 0 Å². The minimum Gasteiger partial charge on any atom is -0.493 e. The first-order valence-corrected chi connectivity index (χ1v) is 11.0. The van der Waals surface area contributed by atoms with Crippen LogP contribution in [0.25, 0.3) is 0 Å². The Kier molecular flexibility index (Phi) is 6.53. The van der Waals surface area contributed by atoms with Gasteiger partial charge in [-0.1, -0.05) is 48.5 Å². The Morgan fingerprint density at radius 3 is 2.52 bits per heavy atom. The van der Waals surface area contributed by atoms with Gasteiger partial charge in [0.25, 0.3) is 0 Å². The maximum atomic E-state index is 10.2. The van der Waals surface area contributed by atoms with Crippen molar-refractivity contribution >= 4 is 0 Å². The molecule has 2 fully saturated rings. The highest BCUT2D eigenvalue weighted by atomic mass is 16.5. The van der Waals surface area contributed by atoms with Crippen molar-refractivity contribution < 1.29 is 9.84 Å². The lowest BCUT2D eigenvalue weighted by atomic mass is 9.71. The summed E-state index contributed by atoms with van der Waals surface area (Å²) in [5.41, 5.74) is 2.89. The molecule has 2 aromatic rings. The van der Waals surface area contributed by atoms with Gasteiger partial charge >= 0.3 is 0 Å². The average molecular weight is 395 g/mol. The van der Waals surface area contributed by atoms with Gasteiger partial charge in [0.1, 0.15) is 5.75 Å². The molecule has 156 valence electrons. The molecule has 4 rings (SSSR count). The lowest BCUT2D eigenvalue weighted by molar-refractivity contribution is -0.0331. The van der Waals surface area contributed by atoms with E-state index in [-0.39, 0.29) is 6.10 Å². The molecule has 1 N–H and O–H groups in total. The van der Waals surface area contributed by atoms with Gasteiger partial charge in [-0.3, -0.25) is 4.90 Å². The van der Waals surface area contributed by atoms with Gasteiger partial charge in [0.05, 0.1) is 12.7 Å². The first kappa shape index (κ1) is 20.4. The van der Waals surface area contributed by atoms with E-state index < -0.39 is 0 Å². The van der Waals surface area contributed by atoms with E-state index in [1.165, 1.54) is 24.0 Å². The van der Waals surface area contributed by atoms with Gasteiger partial charge in [0.15, 0.2) is 0 Å². The van der Waals surface area contributed by atoms with Crippen molar-refractivity contribution in [3.8, 4) is 5.75 Å². The van der Waals surface area contributed by atoms with Gasteiger partial charge in [-0.2, -0.15) is 0 Å². The van der Waals surface area contributed by atoms with Crippen molar-refractivity contribution in [3.05, 3.63) is 65.7 Å². The number of aliphatic hydroxyl groups is 1. The molecular weight excluding hydrogens is 360 g/mol. The molecule has 0 radical (unpaired) electrons. The lowest BCUT2D eigenvalue weighted by Gasteiger charge is -2.48. The van der Waals surface area contributed by atoms with Crippen molar-refractivity contribution in [3.63, 3.8) is 0 Å². The molecule has 0 aromatic heterocycles. The summed E-state index contributed by atoms with van der Waals surface area (Å²) in [5.74, 6) is 1.01. The second-order valence-corrected chi connectivity index (χ2v) is 9.02. The van der Waals surface area contributed by atoms with E-state index in [2.05, 4.69) is 71.4 Å². The van der Waals surface area contributed by atoms with Gasteiger partial charge in [-0.05, 0) is 56.4 Å². The highest BCUT2D eigenvalue weighted by Gasteiger charge is 2.40. The smallest absolute Gasteiger partial charge is 0.123 e. The molecule has 4 nitrogen and oxygen atoms in total. The first-order chi connectivity index (χ1) is 14.1. The maximum absolute atomic E-state index is 10.2. The molecule has 1 atom stereocenters. The SMILES string of the molecule is CN1CC(O)CC2(CCN(Cc3ccccc3OCCc3ccccc3)CC2)C1. The van der Waals surface area contributed by atoms with E-state index in [0.29, 0.717) is 12.0 Å². The van der Waals surface area contributed by atoms with Crippen LogP contribution in [0.1, 0.15) is 30.4 Å². The number of para-hydroxylation sites is 1. The molecule has 2 heterocycles. The van der Waals surface area contributed by atoms with E-state index in [4.69, 9.17) is 4.74 Å². The zero-order chi connectivity index (χ0) is 20.1. The predicted octanol–water partition coefficient (Wildman–Crippen LogP) is 3.59. The normalized spacial score (nSPS) is 22.6. The van der Waals surface area contributed by atoms with Crippen LogP contribution in [0, 0.1) is 5.41 Å². The number of nitrogens with zero attached hydrogens (tertiary/aromatic N) is 2. The third-order valence-electron chi connectivity index (χ3n) is 6.57. The number of hydrogen-bond donors (Lipinski definition) is 1. The number of β-amino-alcohol motifs (C(OH)–C–C–N with tert-alkyl or cyclic N) is 1. The Bertz CT molecular complexity index is 759. The first-order valence-electron chi connectivity index (χ1n) is 11.0. The zero-order valence-electron chi connectivity index (χ0n) is 17.6. The summed E-state index contributed by atoms with van der Waals surface area (Å²) < 4.78 is 6.15. The maximum Gasteiger partial charge on any atom is 0.123 e. The van der Waals surface area contributed by atoms with Crippen LogP contribution in [0.4, 0.5) is 0 Å². The van der Waals surface area contributed by atoms with Gasteiger partial charge in [0, 0.05) is 31.6 Å². The van der Waals surface area contributed by atoms with Crippen LogP contribution in [0.3, 0.4) is 0 Å². The number of rotatable bonds is 6. The molecule has 2 aliphatic heterocycles. The van der Waals surface area contributed by atoms with Crippen LogP contribution in [0.2, 0.25) is 0 Å². The van der Waals surface area contributed by atoms with Crippen LogP contribution in [-0.2, 0) is 13.0 Å². The van der Waals surface area contributed by atoms with Crippen LogP contribution in [-0.4, -0.2) is 60.8 Å². The fraction of sp³-hybridized carbons (Fsp3) is 0.520. The quantitative estimate of drug-likeness (QED) is 0.812. The Labute approximate surface area is 175 Å². The number of piperidine rings is 2. The second-order valence-electron chi connectivity index (χ2n) is 9.02. The molecule has 4 heteroatoms. The lowest BCUT2D eigenvalue weighted by Crippen LogP contribution is -2.52. The van der Waals surface area contributed by atoms with Gasteiger partial charge in [-0.15, -0.1) is 0 Å². The standard InChI is InChI=1S/C25H34N2O2/c1-26-19-23(28)17-25(20-26)12-14-27(15-13-25)18-22-9-5-6-10-24(22)29-16-11-21-7-3-2-4-8-21/h2-10,23,28H,11-20H2,1H3. The minimum absolute atomic E-state index is 0.168. The Hall–Kier alpha value is -1.88. The Morgan fingerprint density at radius 2 is 1.76 bits per heavy atom. The second kappa shape index (κ2) is 9.29. The molecule has 2 aromatic carbocycles. The molecule has 1 unspecified atom stereocenters. The number of likely N-dealkylation sites (tertiary alicyclic amines) is 2. The minimum atomic E-state index is -0.168. The van der Waals surface area contributed by atoms with Crippen LogP contribution >= 0.6 is 0 Å². The summed E-state index contributed by atoms with van der Waals surface area (Å²) in [7, 11) is 2.14. The number of benzene rings is 2. The molecule has 0 amide bonds. The average Bonchev–Trinajstić information content (AvgIpc) is 2.71. The van der Waals surface area contributed by atoms with Gasteiger partial charge < -0.3 is 14.7 Å². The van der Waals surface area contributed by atoms with Crippen molar-refractivity contribution in [1.82, 2.24) is 9.80 Å². The van der Waals surface area contributed by atoms with Crippen LogP contribution in [0.15, 0.2) is 54.6 Å². The monoisotopic (exact) mass is 394 g/mol. The van der Waals surface area contributed by atoms with Crippen LogP contribution in [0.5, 0.6) is 5.75 Å². The largest absolute Gasteiger partial charge is 0.493 e. The number of likely N-dealkylation sites (N-methyl/N-ethyl adjacent to an activating group) is 1. The fourth-order valence-corrected chi connectivity index (χ4v) is 5.11. The topological polar surface area (TPSA) is 35.9 Å². The molecule has 0 saturated carbocycles. The van der Waals surface area contributed by atoms with E-state index in [0.717, 1.165) is 51.3 Å². The van der Waals surface area contributed by atoms with Gasteiger partial charge in [0.2, 0.25) is 0 Å². The summed E-state index contributed by atoms with van der Waals surface area (Å²) in [6.45, 7) is 5.78. The van der Waals surface area contributed by atoms with Crippen molar-refractivity contribution in [2.75, 3.05) is 39.8 Å². The van der Waals surface area contributed by atoms with Crippen molar-refractivity contribution in [2.45, 2.75) is 38.3 Å². The number of aliphatic hydroxyl groups excluding tert-OH is 1. The number of hydrogen-bond acceptors (Lipinski definition) is 4. The van der Waals surface area contributed by atoms with E-state index in [9.17, 15) is 5.11 Å². The molecule has 2 aliphatic rings. The van der Waals surface area contributed by atoms with Crippen molar-refractivity contribution in [2.24, 2.45) is 5.41 Å². The summed E-state index contributed by atoms with van der Waals surface area (Å²) >= 11 is 0. The van der Waals surface area contributed by atoms with E-state index >= 15 is 0 Å². The van der Waals surface area contributed by atoms with E-state index in [1.807, 2.05) is 0 Å². The number of ether oxygens (including phenoxy) is 1. The molecule has 1 spiro atoms.